The lowest BCUT2D eigenvalue weighted by atomic mass is 10.1. The summed E-state index contributed by atoms with van der Waals surface area (Å²) >= 11 is 0. The lowest BCUT2D eigenvalue weighted by Crippen LogP contribution is -2.05. The van der Waals surface area contributed by atoms with E-state index in [9.17, 15) is 4.79 Å². The van der Waals surface area contributed by atoms with Crippen LogP contribution in [-0.4, -0.2) is 22.5 Å². The minimum atomic E-state index is -0.439. The Balaban J connectivity index is 1.95. The lowest BCUT2D eigenvalue weighted by molar-refractivity contribution is 0.0557. The normalized spacial score (nSPS) is 10.2. The molecule has 0 unspecified atom stereocenters. The third-order valence-corrected chi connectivity index (χ3v) is 3.05. The van der Waals surface area contributed by atoms with Gasteiger partial charge in [-0.3, -0.25) is 0 Å². The first-order valence-corrected chi connectivity index (χ1v) is 6.44. The Kier molecular flexibility index (Phi) is 3.40. The second-order valence-electron chi connectivity index (χ2n) is 4.46. The number of aromatic nitrogens is 2. The summed E-state index contributed by atoms with van der Waals surface area (Å²) in [5.41, 5.74) is 3.10. The largest absolute Gasteiger partial charge is 0.449 e. The molecular formula is C17H12N2O2. The van der Waals surface area contributed by atoms with Gasteiger partial charge in [-0.05, 0) is 24.3 Å². The highest BCUT2D eigenvalue weighted by Crippen LogP contribution is 2.21. The minimum Gasteiger partial charge on any atom is -0.449 e. The van der Waals surface area contributed by atoms with Crippen LogP contribution in [0.5, 0.6) is 0 Å². The molecular weight excluding hydrogens is 264 g/mol. The van der Waals surface area contributed by atoms with Gasteiger partial charge in [0.25, 0.3) is 0 Å². The zero-order valence-corrected chi connectivity index (χ0v) is 11.2. The molecule has 2 aromatic carbocycles. The molecule has 0 amide bonds. The number of carbonyl (C=O) groups is 1. The van der Waals surface area contributed by atoms with Gasteiger partial charge in [0, 0.05) is 5.56 Å². The van der Waals surface area contributed by atoms with Crippen molar-refractivity contribution >= 4 is 17.0 Å². The number of carbonyl (C=O) groups excluding carboxylic acids is 1. The van der Waals surface area contributed by atoms with E-state index in [0.29, 0.717) is 11.4 Å². The fourth-order valence-electron chi connectivity index (χ4n) is 2.07. The lowest BCUT2D eigenvalue weighted by Gasteiger charge is -2.02. The number of benzene rings is 2. The Hall–Kier alpha value is -3.06. The summed E-state index contributed by atoms with van der Waals surface area (Å²) in [7, 11) is 0. The van der Waals surface area contributed by atoms with Gasteiger partial charge in [0.1, 0.15) is 5.82 Å². The minimum absolute atomic E-state index is 0.0340. The summed E-state index contributed by atoms with van der Waals surface area (Å²) in [6.45, 7) is -0.0340. The van der Waals surface area contributed by atoms with Crippen LogP contribution in [0.4, 0.5) is 0 Å². The molecule has 21 heavy (non-hydrogen) atoms. The van der Waals surface area contributed by atoms with Crippen molar-refractivity contribution in [1.82, 2.24) is 9.97 Å². The number of nitrogens with one attached hydrogen (secondary N) is 1. The summed E-state index contributed by atoms with van der Waals surface area (Å²) in [5, 5.41) is 0. The molecule has 0 spiro atoms. The van der Waals surface area contributed by atoms with Gasteiger partial charge in [0.15, 0.2) is 6.61 Å². The molecule has 1 N–H and O–H groups in total. The maximum Gasteiger partial charge on any atom is 0.339 e. The van der Waals surface area contributed by atoms with Crippen molar-refractivity contribution < 1.29 is 9.53 Å². The van der Waals surface area contributed by atoms with Gasteiger partial charge < -0.3 is 9.72 Å². The number of esters is 1. The first-order chi connectivity index (χ1) is 10.3. The number of imidazole rings is 1. The predicted octanol–water partition coefficient (Wildman–Crippen LogP) is 3.02. The van der Waals surface area contributed by atoms with Crippen LogP contribution in [-0.2, 0) is 4.74 Å². The number of fused-ring (bicyclic) bond motifs is 1. The zero-order valence-electron chi connectivity index (χ0n) is 11.2. The third kappa shape index (κ3) is 2.63. The van der Waals surface area contributed by atoms with Crippen LogP contribution in [0.2, 0.25) is 0 Å². The summed E-state index contributed by atoms with van der Waals surface area (Å²) in [5.74, 6) is 2.54. The highest BCUT2D eigenvalue weighted by molar-refractivity contribution is 5.91. The molecule has 0 fully saturated rings. The maximum atomic E-state index is 11.8. The summed E-state index contributed by atoms with van der Waals surface area (Å²) in [4.78, 5) is 19.5. The predicted molar refractivity (Wildman–Crippen MR) is 80.6 cm³/mol. The zero-order chi connectivity index (χ0) is 14.7. The molecule has 4 heteroatoms. The monoisotopic (exact) mass is 276 g/mol. The van der Waals surface area contributed by atoms with Gasteiger partial charge in [-0.15, -0.1) is 6.42 Å². The Bertz CT molecular complexity index is 810. The van der Waals surface area contributed by atoms with E-state index in [4.69, 9.17) is 11.2 Å². The van der Waals surface area contributed by atoms with E-state index in [1.807, 2.05) is 30.3 Å². The Morgan fingerprint density at radius 2 is 2.10 bits per heavy atom. The van der Waals surface area contributed by atoms with Crippen LogP contribution >= 0.6 is 0 Å². The van der Waals surface area contributed by atoms with Crippen LogP contribution < -0.4 is 0 Å². The molecule has 0 saturated heterocycles. The molecule has 0 aliphatic rings. The van der Waals surface area contributed by atoms with Crippen molar-refractivity contribution in [2.75, 3.05) is 6.61 Å². The topological polar surface area (TPSA) is 55.0 Å². The molecule has 1 heterocycles. The number of para-hydroxylation sites is 2. The van der Waals surface area contributed by atoms with Crippen molar-refractivity contribution in [2.24, 2.45) is 0 Å². The van der Waals surface area contributed by atoms with Crippen molar-refractivity contribution in [3.8, 4) is 23.7 Å². The Labute approximate surface area is 121 Å². The van der Waals surface area contributed by atoms with Crippen LogP contribution in [0, 0.1) is 12.3 Å². The fraction of sp³-hybridized carbons (Fsp3) is 0.0588. The first-order valence-electron chi connectivity index (χ1n) is 6.44. The standard InChI is InChI=1S/C17H12N2O2/c1-2-10-21-17(20)13-7-5-6-12(11-13)16-18-14-8-3-4-9-15(14)19-16/h1,3-9,11H,10H2,(H,18,19). The number of nitrogens with zero attached hydrogens (tertiary/aromatic N) is 1. The second-order valence-corrected chi connectivity index (χ2v) is 4.46. The number of H-pyrrole nitrogens is 1. The van der Waals surface area contributed by atoms with Gasteiger partial charge >= 0.3 is 5.97 Å². The Morgan fingerprint density at radius 1 is 1.24 bits per heavy atom. The van der Waals surface area contributed by atoms with E-state index < -0.39 is 5.97 Å². The molecule has 4 nitrogen and oxygen atoms in total. The second kappa shape index (κ2) is 5.51. The molecule has 1 aromatic heterocycles. The molecule has 0 radical (unpaired) electrons. The number of ether oxygens (including phenoxy) is 1. The highest BCUT2D eigenvalue weighted by atomic mass is 16.5. The summed E-state index contributed by atoms with van der Waals surface area (Å²) in [6.07, 6.45) is 5.08. The quantitative estimate of drug-likeness (QED) is 0.591. The maximum absolute atomic E-state index is 11.8. The van der Waals surface area contributed by atoms with Crippen LogP contribution in [0.25, 0.3) is 22.4 Å². The van der Waals surface area contributed by atoms with E-state index in [1.165, 1.54) is 0 Å². The van der Waals surface area contributed by atoms with E-state index in [-0.39, 0.29) is 6.61 Å². The van der Waals surface area contributed by atoms with Gasteiger partial charge in [0.2, 0.25) is 0 Å². The highest BCUT2D eigenvalue weighted by Gasteiger charge is 2.10. The van der Waals surface area contributed by atoms with Crippen LogP contribution in [0.3, 0.4) is 0 Å². The van der Waals surface area contributed by atoms with Gasteiger partial charge in [-0.1, -0.05) is 30.2 Å². The number of aromatic amines is 1. The number of hydrogen-bond donors (Lipinski definition) is 1. The number of terminal acetylenes is 1. The molecule has 0 bridgehead atoms. The van der Waals surface area contributed by atoms with Crippen molar-refractivity contribution in [3.63, 3.8) is 0 Å². The fourth-order valence-corrected chi connectivity index (χ4v) is 2.07. The van der Waals surface area contributed by atoms with E-state index in [0.717, 1.165) is 16.6 Å². The Morgan fingerprint density at radius 3 is 2.90 bits per heavy atom. The van der Waals surface area contributed by atoms with Gasteiger partial charge in [0.05, 0.1) is 16.6 Å². The first kappa shape index (κ1) is 12.9. The van der Waals surface area contributed by atoms with E-state index >= 15 is 0 Å². The van der Waals surface area contributed by atoms with Crippen LogP contribution in [0.1, 0.15) is 10.4 Å². The number of rotatable bonds is 3. The molecule has 102 valence electrons. The van der Waals surface area contributed by atoms with Crippen LogP contribution in [0.15, 0.2) is 48.5 Å². The third-order valence-electron chi connectivity index (χ3n) is 3.05. The molecule has 0 saturated carbocycles. The summed E-state index contributed by atoms with van der Waals surface area (Å²) < 4.78 is 4.92. The van der Waals surface area contributed by atoms with E-state index in [1.54, 1.807) is 18.2 Å². The average molecular weight is 276 g/mol. The van der Waals surface area contributed by atoms with Gasteiger partial charge in [-0.2, -0.15) is 0 Å². The molecule has 0 atom stereocenters. The molecule has 0 aliphatic carbocycles. The smallest absolute Gasteiger partial charge is 0.339 e. The van der Waals surface area contributed by atoms with Gasteiger partial charge in [-0.25, -0.2) is 9.78 Å². The van der Waals surface area contributed by atoms with E-state index in [2.05, 4.69) is 15.9 Å². The molecule has 0 aliphatic heterocycles. The molecule has 3 aromatic rings. The summed E-state index contributed by atoms with van der Waals surface area (Å²) in [6, 6.07) is 14.8. The van der Waals surface area contributed by atoms with Crippen molar-refractivity contribution in [2.45, 2.75) is 0 Å². The number of hydrogen-bond acceptors (Lipinski definition) is 3. The SMILES string of the molecule is C#CCOC(=O)c1cccc(-c2nc3ccccc3[nH]2)c1. The molecule has 3 rings (SSSR count). The van der Waals surface area contributed by atoms with Crippen molar-refractivity contribution in [3.05, 3.63) is 54.1 Å². The van der Waals surface area contributed by atoms with Crippen molar-refractivity contribution in [1.29, 1.82) is 0 Å². The average Bonchev–Trinajstić information content (AvgIpc) is 2.97.